The average Bonchev–Trinajstić information content (AvgIpc) is 2.97. The van der Waals surface area contributed by atoms with Gasteiger partial charge in [0.1, 0.15) is 0 Å². The highest BCUT2D eigenvalue weighted by Crippen LogP contribution is 2.09. The molecule has 0 spiro atoms. The third kappa shape index (κ3) is 4.67. The topological polar surface area (TPSA) is 64.4 Å². The van der Waals surface area contributed by atoms with Crippen molar-refractivity contribution in [3.05, 3.63) is 53.9 Å². The van der Waals surface area contributed by atoms with E-state index < -0.39 is 5.97 Å². The molecule has 1 heterocycles. The second-order valence-electron chi connectivity index (χ2n) is 5.58. The van der Waals surface area contributed by atoms with Crippen LogP contribution >= 0.6 is 0 Å². The predicted octanol–water partition coefficient (Wildman–Crippen LogP) is 2.01. The number of esters is 1. The van der Waals surface area contributed by atoms with E-state index in [2.05, 4.69) is 5.10 Å². The van der Waals surface area contributed by atoms with E-state index in [4.69, 9.17) is 4.74 Å². The molecule has 0 aliphatic rings. The molecule has 23 heavy (non-hydrogen) atoms. The van der Waals surface area contributed by atoms with Gasteiger partial charge in [0, 0.05) is 25.8 Å². The lowest BCUT2D eigenvalue weighted by Gasteiger charge is -2.26. The molecule has 0 saturated heterocycles. The molecule has 0 radical (unpaired) electrons. The third-order valence-corrected chi connectivity index (χ3v) is 3.41. The molecule has 0 saturated carbocycles. The fourth-order valence-corrected chi connectivity index (χ4v) is 2.16. The van der Waals surface area contributed by atoms with Gasteiger partial charge in [0.15, 0.2) is 6.61 Å². The molecule has 0 N–H and O–H groups in total. The van der Waals surface area contributed by atoms with Crippen LogP contribution < -0.4 is 0 Å². The number of aryl methyl sites for hydroxylation is 1. The van der Waals surface area contributed by atoms with Gasteiger partial charge in [-0.15, -0.1) is 0 Å². The van der Waals surface area contributed by atoms with E-state index in [1.54, 1.807) is 18.1 Å². The van der Waals surface area contributed by atoms with Gasteiger partial charge in [0.05, 0.1) is 11.8 Å². The van der Waals surface area contributed by atoms with Gasteiger partial charge in [0.2, 0.25) is 0 Å². The molecular weight excluding hydrogens is 294 g/mol. The van der Waals surface area contributed by atoms with E-state index in [9.17, 15) is 9.59 Å². The van der Waals surface area contributed by atoms with Crippen molar-refractivity contribution in [3.63, 3.8) is 0 Å². The number of hydrogen-bond donors (Lipinski definition) is 0. The molecule has 6 nitrogen and oxygen atoms in total. The van der Waals surface area contributed by atoms with Crippen LogP contribution in [0.3, 0.4) is 0 Å². The Morgan fingerprint density at radius 2 is 1.96 bits per heavy atom. The maximum absolute atomic E-state index is 12.4. The van der Waals surface area contributed by atoms with Gasteiger partial charge >= 0.3 is 5.97 Å². The first kappa shape index (κ1) is 16.7. The number of aromatic nitrogens is 2. The summed E-state index contributed by atoms with van der Waals surface area (Å²) in [5.74, 6) is -0.768. The van der Waals surface area contributed by atoms with Crippen LogP contribution in [0.2, 0.25) is 0 Å². The highest BCUT2D eigenvalue weighted by Gasteiger charge is 2.19. The fraction of sp³-hybridized carbons (Fsp3) is 0.353. The minimum absolute atomic E-state index is 0.0137. The highest BCUT2D eigenvalue weighted by molar-refractivity contribution is 5.90. The normalized spacial score (nSPS) is 10.6. The summed E-state index contributed by atoms with van der Waals surface area (Å²) in [6.45, 7) is 4.08. The quantitative estimate of drug-likeness (QED) is 0.765. The smallest absolute Gasteiger partial charge is 0.341 e. The van der Waals surface area contributed by atoms with Crippen molar-refractivity contribution < 1.29 is 14.3 Å². The molecule has 1 aromatic heterocycles. The summed E-state index contributed by atoms with van der Waals surface area (Å²) in [6, 6.07) is 9.73. The van der Waals surface area contributed by atoms with Crippen molar-refractivity contribution in [1.82, 2.24) is 14.7 Å². The van der Waals surface area contributed by atoms with Crippen LogP contribution in [0.25, 0.3) is 0 Å². The summed E-state index contributed by atoms with van der Waals surface area (Å²) >= 11 is 0. The van der Waals surface area contributed by atoms with Crippen LogP contribution in [0.15, 0.2) is 42.7 Å². The second kappa shape index (κ2) is 7.58. The largest absolute Gasteiger partial charge is 0.452 e. The Hall–Kier alpha value is -2.63. The van der Waals surface area contributed by atoms with Crippen molar-refractivity contribution in [1.29, 1.82) is 0 Å². The van der Waals surface area contributed by atoms with Gasteiger partial charge in [0.25, 0.3) is 5.91 Å². The summed E-state index contributed by atoms with van der Waals surface area (Å²) in [6.07, 6.45) is 2.97. The van der Waals surface area contributed by atoms with Crippen molar-refractivity contribution in [3.8, 4) is 0 Å². The first-order chi connectivity index (χ1) is 11.0. The lowest BCUT2D eigenvalue weighted by molar-refractivity contribution is -0.136. The zero-order chi connectivity index (χ0) is 16.8. The minimum Gasteiger partial charge on any atom is -0.452 e. The maximum atomic E-state index is 12.4. The Morgan fingerprint density at radius 3 is 2.52 bits per heavy atom. The van der Waals surface area contributed by atoms with Crippen LogP contribution in [-0.2, 0) is 23.1 Å². The molecule has 0 fully saturated rings. The monoisotopic (exact) mass is 315 g/mol. The maximum Gasteiger partial charge on any atom is 0.341 e. The molecule has 0 aliphatic heterocycles. The van der Waals surface area contributed by atoms with E-state index >= 15 is 0 Å². The van der Waals surface area contributed by atoms with Crippen LogP contribution in [0.1, 0.15) is 29.8 Å². The third-order valence-electron chi connectivity index (χ3n) is 3.41. The first-order valence-corrected chi connectivity index (χ1v) is 7.46. The zero-order valence-electron chi connectivity index (χ0n) is 13.6. The standard InChI is InChI=1S/C17H21N3O3/c1-13(2)20(10-14-7-5-4-6-8-14)16(21)12-23-17(22)15-9-18-19(3)11-15/h4-9,11,13H,10,12H2,1-3H3. The van der Waals surface area contributed by atoms with Gasteiger partial charge in [-0.2, -0.15) is 5.10 Å². The number of carbonyl (C=O) groups excluding carboxylic acids is 2. The molecule has 0 unspecified atom stereocenters. The number of amides is 1. The van der Waals surface area contributed by atoms with Crippen molar-refractivity contribution in [2.75, 3.05) is 6.61 Å². The summed E-state index contributed by atoms with van der Waals surface area (Å²) in [7, 11) is 1.71. The predicted molar refractivity (Wildman–Crippen MR) is 85.6 cm³/mol. The molecular formula is C17H21N3O3. The number of carbonyl (C=O) groups is 2. The SMILES string of the molecule is CC(C)N(Cc1ccccc1)C(=O)COC(=O)c1cnn(C)c1. The Labute approximate surface area is 135 Å². The Kier molecular flexibility index (Phi) is 5.51. The molecule has 0 bridgehead atoms. The molecule has 0 atom stereocenters. The number of hydrogen-bond acceptors (Lipinski definition) is 4. The Bertz CT molecular complexity index is 665. The number of nitrogens with zero attached hydrogens (tertiary/aromatic N) is 3. The molecule has 2 rings (SSSR count). The van der Waals surface area contributed by atoms with E-state index in [1.165, 1.54) is 10.9 Å². The highest BCUT2D eigenvalue weighted by atomic mass is 16.5. The lowest BCUT2D eigenvalue weighted by atomic mass is 10.2. The average molecular weight is 315 g/mol. The van der Waals surface area contributed by atoms with E-state index in [0.29, 0.717) is 12.1 Å². The van der Waals surface area contributed by atoms with Crippen molar-refractivity contribution >= 4 is 11.9 Å². The summed E-state index contributed by atoms with van der Waals surface area (Å²) in [5, 5.41) is 3.90. The lowest BCUT2D eigenvalue weighted by Crippen LogP contribution is -2.39. The number of rotatable bonds is 6. The Balaban J connectivity index is 1.94. The fourth-order valence-electron chi connectivity index (χ4n) is 2.16. The van der Waals surface area contributed by atoms with Gasteiger partial charge in [-0.1, -0.05) is 30.3 Å². The molecule has 6 heteroatoms. The zero-order valence-corrected chi connectivity index (χ0v) is 13.6. The molecule has 0 aliphatic carbocycles. The van der Waals surface area contributed by atoms with Crippen LogP contribution in [0.5, 0.6) is 0 Å². The summed E-state index contributed by atoms with van der Waals surface area (Å²) in [5.41, 5.74) is 1.37. The summed E-state index contributed by atoms with van der Waals surface area (Å²) < 4.78 is 6.60. The van der Waals surface area contributed by atoms with Gasteiger partial charge in [-0.25, -0.2) is 4.79 Å². The number of ether oxygens (including phenoxy) is 1. The van der Waals surface area contributed by atoms with Crippen LogP contribution in [0, 0.1) is 0 Å². The first-order valence-electron chi connectivity index (χ1n) is 7.46. The van der Waals surface area contributed by atoms with Crippen molar-refractivity contribution in [2.45, 2.75) is 26.4 Å². The van der Waals surface area contributed by atoms with E-state index in [0.717, 1.165) is 5.56 Å². The van der Waals surface area contributed by atoms with Crippen LogP contribution in [0.4, 0.5) is 0 Å². The van der Waals surface area contributed by atoms with Gasteiger partial charge in [-0.3, -0.25) is 9.48 Å². The van der Waals surface area contributed by atoms with Gasteiger partial charge in [-0.05, 0) is 19.4 Å². The van der Waals surface area contributed by atoms with Gasteiger partial charge < -0.3 is 9.64 Å². The number of benzene rings is 1. The Morgan fingerprint density at radius 1 is 1.26 bits per heavy atom. The second-order valence-corrected chi connectivity index (χ2v) is 5.58. The molecule has 1 aromatic carbocycles. The molecule has 2 aromatic rings. The van der Waals surface area contributed by atoms with E-state index in [-0.39, 0.29) is 18.6 Å². The van der Waals surface area contributed by atoms with Crippen molar-refractivity contribution in [2.24, 2.45) is 7.05 Å². The van der Waals surface area contributed by atoms with E-state index in [1.807, 2.05) is 44.2 Å². The molecule has 1 amide bonds. The van der Waals surface area contributed by atoms with Crippen LogP contribution in [-0.4, -0.2) is 39.2 Å². The molecule has 122 valence electrons. The summed E-state index contributed by atoms with van der Waals surface area (Å²) in [4.78, 5) is 25.9. The minimum atomic E-state index is -0.546.